The summed E-state index contributed by atoms with van der Waals surface area (Å²) < 4.78 is 24.4. The van der Waals surface area contributed by atoms with E-state index in [4.69, 9.17) is 18.9 Å². The number of hydrogen-bond acceptors (Lipinski definition) is 5. The van der Waals surface area contributed by atoms with Gasteiger partial charge in [-0.25, -0.2) is 0 Å². The third-order valence-electron chi connectivity index (χ3n) is 7.40. The van der Waals surface area contributed by atoms with E-state index in [1.807, 2.05) is 44.2 Å². The zero-order chi connectivity index (χ0) is 19.4. The molecule has 148 valence electrons. The van der Waals surface area contributed by atoms with E-state index in [1.165, 1.54) is 6.26 Å². The monoisotopic (exact) mass is 374 g/mol. The van der Waals surface area contributed by atoms with Gasteiger partial charge in [0.1, 0.15) is 5.75 Å². The molecular weight excluding hydrogens is 344 g/mol. The summed E-state index contributed by atoms with van der Waals surface area (Å²) in [5, 5.41) is 10.5. The van der Waals surface area contributed by atoms with Crippen molar-refractivity contribution in [2.24, 2.45) is 16.7 Å². The normalized spacial score (nSPS) is 42.6. The molecule has 4 rings (SSSR count). The molecule has 1 spiro atoms. The number of fused-ring (bicyclic) bond motifs is 3. The van der Waals surface area contributed by atoms with Crippen LogP contribution < -0.4 is 4.74 Å². The van der Waals surface area contributed by atoms with E-state index in [0.717, 1.165) is 12.8 Å². The van der Waals surface area contributed by atoms with E-state index in [-0.39, 0.29) is 34.9 Å². The van der Waals surface area contributed by atoms with Gasteiger partial charge in [0.15, 0.2) is 12.4 Å². The topological polar surface area (TPSA) is 57.2 Å². The van der Waals surface area contributed by atoms with E-state index in [2.05, 4.69) is 20.8 Å². The highest BCUT2D eigenvalue weighted by atomic mass is 16.8. The lowest BCUT2D eigenvalue weighted by Crippen LogP contribution is -2.52. The van der Waals surface area contributed by atoms with Gasteiger partial charge in [-0.15, -0.1) is 0 Å². The Bertz CT molecular complexity index is 717. The zero-order valence-corrected chi connectivity index (χ0v) is 16.8. The van der Waals surface area contributed by atoms with Gasteiger partial charge < -0.3 is 24.1 Å². The van der Waals surface area contributed by atoms with Crippen LogP contribution in [0.15, 0.2) is 42.5 Å². The molecule has 5 nitrogen and oxygen atoms in total. The zero-order valence-electron chi connectivity index (χ0n) is 16.8. The van der Waals surface area contributed by atoms with Gasteiger partial charge in [0, 0.05) is 11.3 Å². The minimum Gasteiger partial charge on any atom is -0.479 e. The fraction of sp³-hybridized carbons (Fsp3) is 0.636. The van der Waals surface area contributed by atoms with Crippen molar-refractivity contribution >= 4 is 0 Å². The lowest BCUT2D eigenvalue weighted by atomic mass is 9.70. The number of aliphatic hydroxyl groups excluding tert-OH is 1. The van der Waals surface area contributed by atoms with Crippen LogP contribution in [0.25, 0.3) is 0 Å². The highest BCUT2D eigenvalue weighted by molar-refractivity contribution is 5.23. The van der Waals surface area contributed by atoms with Crippen LogP contribution in [0, 0.1) is 16.7 Å². The minimum absolute atomic E-state index is 0.0125. The molecule has 5 heteroatoms. The molecule has 2 bridgehead atoms. The fourth-order valence-electron chi connectivity index (χ4n) is 5.39. The van der Waals surface area contributed by atoms with Crippen molar-refractivity contribution in [2.45, 2.75) is 71.6 Å². The van der Waals surface area contributed by atoms with Crippen LogP contribution in [0.5, 0.6) is 5.75 Å². The fourth-order valence-corrected chi connectivity index (χ4v) is 5.39. The Morgan fingerprint density at radius 3 is 2.37 bits per heavy atom. The van der Waals surface area contributed by atoms with Crippen LogP contribution in [0.2, 0.25) is 0 Å². The second kappa shape index (κ2) is 6.14. The van der Waals surface area contributed by atoms with Gasteiger partial charge in [-0.1, -0.05) is 39.0 Å². The number of rotatable bonds is 4. The Morgan fingerprint density at radius 1 is 1.11 bits per heavy atom. The van der Waals surface area contributed by atoms with Crippen LogP contribution >= 0.6 is 0 Å². The average molecular weight is 374 g/mol. The van der Waals surface area contributed by atoms with Crippen LogP contribution in [0.3, 0.4) is 0 Å². The number of aliphatic hydroxyl groups is 1. The number of benzene rings is 1. The summed E-state index contributed by atoms with van der Waals surface area (Å²) in [7, 11) is 0. The SMILES string of the molecule is C[C@@H]1OC2(O[C@@H]1C)[C@H]1CC[C@@](C)([C@@H]2O/C(O)=C/Oc2ccccc2)C1(C)C. The van der Waals surface area contributed by atoms with Crippen molar-refractivity contribution in [3.63, 3.8) is 0 Å². The Morgan fingerprint density at radius 2 is 1.74 bits per heavy atom. The van der Waals surface area contributed by atoms with Crippen molar-refractivity contribution in [1.29, 1.82) is 0 Å². The molecule has 6 atom stereocenters. The smallest absolute Gasteiger partial charge is 0.314 e. The average Bonchev–Trinajstić information content (AvgIpc) is 3.09. The lowest BCUT2D eigenvalue weighted by Gasteiger charge is -2.42. The molecule has 2 saturated carbocycles. The minimum atomic E-state index is -0.829. The third kappa shape index (κ3) is 2.59. The van der Waals surface area contributed by atoms with E-state index in [9.17, 15) is 5.11 Å². The Hall–Kier alpha value is -1.72. The summed E-state index contributed by atoms with van der Waals surface area (Å²) in [6, 6.07) is 9.29. The molecule has 0 amide bonds. The van der Waals surface area contributed by atoms with Crippen molar-refractivity contribution in [1.82, 2.24) is 0 Å². The molecule has 0 radical (unpaired) electrons. The number of ether oxygens (including phenoxy) is 4. The molecule has 1 unspecified atom stereocenters. The second-order valence-electron chi connectivity index (χ2n) is 8.98. The van der Waals surface area contributed by atoms with Crippen molar-refractivity contribution in [3.05, 3.63) is 42.5 Å². The van der Waals surface area contributed by atoms with E-state index in [1.54, 1.807) is 0 Å². The maximum atomic E-state index is 10.5. The van der Waals surface area contributed by atoms with Crippen LogP contribution in [0.1, 0.15) is 47.5 Å². The summed E-state index contributed by atoms with van der Waals surface area (Å²) in [5.41, 5.74) is -0.196. The summed E-state index contributed by atoms with van der Waals surface area (Å²) in [6.07, 6.45) is 2.87. The van der Waals surface area contributed by atoms with Gasteiger partial charge in [0.05, 0.1) is 12.2 Å². The van der Waals surface area contributed by atoms with E-state index >= 15 is 0 Å². The molecule has 3 fully saturated rings. The number of hydrogen-bond donors (Lipinski definition) is 1. The van der Waals surface area contributed by atoms with E-state index in [0.29, 0.717) is 5.75 Å². The molecule has 1 N–H and O–H groups in total. The van der Waals surface area contributed by atoms with Crippen molar-refractivity contribution in [3.8, 4) is 5.75 Å². The molecule has 0 aromatic heterocycles. The Kier molecular flexibility index (Phi) is 4.24. The molecule has 1 heterocycles. The first-order chi connectivity index (χ1) is 12.7. The molecule has 2 aliphatic carbocycles. The quantitative estimate of drug-likeness (QED) is 0.769. The predicted molar refractivity (Wildman–Crippen MR) is 101 cm³/mol. The van der Waals surface area contributed by atoms with Crippen LogP contribution in [-0.4, -0.2) is 29.2 Å². The molecule has 1 aliphatic heterocycles. The van der Waals surface area contributed by atoms with Crippen LogP contribution in [0.4, 0.5) is 0 Å². The second-order valence-corrected chi connectivity index (χ2v) is 8.98. The first-order valence-electron chi connectivity index (χ1n) is 9.84. The highest BCUT2D eigenvalue weighted by Gasteiger charge is 2.78. The predicted octanol–water partition coefficient (Wildman–Crippen LogP) is 4.78. The van der Waals surface area contributed by atoms with Crippen molar-refractivity contribution < 1.29 is 24.1 Å². The molecular formula is C22H30O5. The maximum absolute atomic E-state index is 10.5. The number of para-hydroxylation sites is 1. The lowest BCUT2D eigenvalue weighted by molar-refractivity contribution is -0.274. The molecule has 27 heavy (non-hydrogen) atoms. The van der Waals surface area contributed by atoms with Gasteiger partial charge in [-0.05, 0) is 44.2 Å². The largest absolute Gasteiger partial charge is 0.479 e. The summed E-state index contributed by atoms with van der Waals surface area (Å²) in [6.45, 7) is 10.8. The Balaban J connectivity index is 1.61. The molecule has 3 aliphatic rings. The van der Waals surface area contributed by atoms with Gasteiger partial charge in [0.2, 0.25) is 5.79 Å². The first kappa shape index (κ1) is 18.6. The van der Waals surface area contributed by atoms with Gasteiger partial charge in [-0.3, -0.25) is 0 Å². The summed E-state index contributed by atoms with van der Waals surface area (Å²) in [5.74, 6) is -0.232. The first-order valence-corrected chi connectivity index (χ1v) is 9.84. The molecule has 1 saturated heterocycles. The highest BCUT2D eigenvalue weighted by Crippen LogP contribution is 2.72. The van der Waals surface area contributed by atoms with Crippen molar-refractivity contribution in [2.75, 3.05) is 0 Å². The van der Waals surface area contributed by atoms with Crippen LogP contribution in [-0.2, 0) is 14.2 Å². The maximum Gasteiger partial charge on any atom is 0.314 e. The van der Waals surface area contributed by atoms with Gasteiger partial charge in [-0.2, -0.15) is 0 Å². The molecule has 1 aromatic carbocycles. The standard InChI is InChI=1S/C22H30O5/c1-14-15(2)27-22(26-14)17-11-12-21(5,20(17,3)4)19(22)25-18(23)13-24-16-9-7-6-8-10-16/h6-10,13-15,17,19,23H,11-12H2,1-5H3/b18-13+/t14-,15+,17-,19-,21-,22?/m0/s1. The molecule has 1 aromatic rings. The Labute approximate surface area is 161 Å². The van der Waals surface area contributed by atoms with Gasteiger partial charge >= 0.3 is 5.95 Å². The van der Waals surface area contributed by atoms with E-state index < -0.39 is 11.9 Å². The van der Waals surface area contributed by atoms with Gasteiger partial charge in [0.25, 0.3) is 0 Å². The summed E-state index contributed by atoms with van der Waals surface area (Å²) in [4.78, 5) is 0. The third-order valence-corrected chi connectivity index (χ3v) is 7.40. The summed E-state index contributed by atoms with van der Waals surface area (Å²) >= 11 is 0.